The van der Waals surface area contributed by atoms with Crippen molar-refractivity contribution in [2.45, 2.75) is 24.8 Å². The number of nitro benzene ring substituents is 1. The highest BCUT2D eigenvalue weighted by Crippen LogP contribution is 2.34. The minimum absolute atomic E-state index is 0.0913. The van der Waals surface area contributed by atoms with Crippen LogP contribution in [-0.2, 0) is 10.0 Å². The van der Waals surface area contributed by atoms with E-state index in [0.29, 0.717) is 0 Å². The van der Waals surface area contributed by atoms with Gasteiger partial charge in [-0.1, -0.05) is 29.8 Å². The van der Waals surface area contributed by atoms with Gasteiger partial charge in [0.2, 0.25) is 0 Å². The molecule has 0 radical (unpaired) electrons. The molecule has 0 amide bonds. The molecular formula is C21H19FN2O4S. The molecule has 3 rings (SSSR count). The first-order valence-corrected chi connectivity index (χ1v) is 10.2. The van der Waals surface area contributed by atoms with Gasteiger partial charge in [-0.25, -0.2) is 12.8 Å². The molecule has 0 N–H and O–H groups in total. The number of rotatable bonds is 6. The van der Waals surface area contributed by atoms with E-state index in [4.69, 9.17) is 0 Å². The third kappa shape index (κ3) is 4.27. The molecule has 1 atom stereocenters. The monoisotopic (exact) mass is 414 g/mol. The zero-order chi connectivity index (χ0) is 21.2. The Balaban J connectivity index is 2.11. The largest absolute Gasteiger partial charge is 0.269 e. The molecule has 0 heterocycles. The fourth-order valence-corrected chi connectivity index (χ4v) is 4.64. The van der Waals surface area contributed by atoms with Crippen molar-refractivity contribution >= 4 is 21.4 Å². The summed E-state index contributed by atoms with van der Waals surface area (Å²) in [6, 6.07) is 16.7. The average Bonchev–Trinajstić information content (AvgIpc) is 2.70. The number of non-ortho nitro benzene ring substituents is 1. The highest BCUT2D eigenvalue weighted by Gasteiger charge is 2.31. The maximum atomic E-state index is 13.4. The standard InChI is InChI=1S/C21H19FN2O4S/c1-15-3-5-17(6-4-15)16(2)23(19-9-7-18(22)8-10-19)29(27,28)21-13-11-20(12-14-21)24(25)26/h3-14,16H,1-2H3/t16-/m0/s1. The number of hydrogen-bond donors (Lipinski definition) is 0. The molecule has 0 aliphatic heterocycles. The van der Waals surface area contributed by atoms with E-state index < -0.39 is 26.8 Å². The van der Waals surface area contributed by atoms with Crippen LogP contribution in [0, 0.1) is 22.9 Å². The Labute approximate surface area is 168 Å². The summed E-state index contributed by atoms with van der Waals surface area (Å²) < 4.78 is 41.5. The van der Waals surface area contributed by atoms with Gasteiger partial charge in [0.15, 0.2) is 0 Å². The van der Waals surface area contributed by atoms with E-state index >= 15 is 0 Å². The van der Waals surface area contributed by atoms with Crippen molar-refractivity contribution in [3.63, 3.8) is 0 Å². The highest BCUT2D eigenvalue weighted by atomic mass is 32.2. The second kappa shape index (κ2) is 8.00. The van der Waals surface area contributed by atoms with E-state index in [1.54, 1.807) is 6.92 Å². The van der Waals surface area contributed by atoms with Crippen molar-refractivity contribution in [2.75, 3.05) is 4.31 Å². The van der Waals surface area contributed by atoms with Crippen LogP contribution in [0.25, 0.3) is 0 Å². The van der Waals surface area contributed by atoms with Gasteiger partial charge in [0, 0.05) is 12.1 Å². The summed E-state index contributed by atoms with van der Waals surface area (Å²) in [6.45, 7) is 3.66. The Hall–Kier alpha value is -3.26. The third-order valence-electron chi connectivity index (χ3n) is 4.60. The van der Waals surface area contributed by atoms with E-state index in [9.17, 15) is 22.9 Å². The van der Waals surface area contributed by atoms with Crippen molar-refractivity contribution in [1.82, 2.24) is 0 Å². The summed E-state index contributed by atoms with van der Waals surface area (Å²) in [7, 11) is -4.08. The fourth-order valence-electron chi connectivity index (χ4n) is 2.99. The van der Waals surface area contributed by atoms with Gasteiger partial charge >= 0.3 is 0 Å². The molecule has 3 aromatic rings. The van der Waals surface area contributed by atoms with Crippen LogP contribution >= 0.6 is 0 Å². The van der Waals surface area contributed by atoms with Gasteiger partial charge < -0.3 is 0 Å². The average molecular weight is 414 g/mol. The minimum atomic E-state index is -4.08. The summed E-state index contributed by atoms with van der Waals surface area (Å²) in [5.74, 6) is -0.482. The molecular weight excluding hydrogens is 395 g/mol. The molecule has 0 fully saturated rings. The van der Waals surface area contributed by atoms with E-state index in [2.05, 4.69) is 0 Å². The zero-order valence-corrected chi connectivity index (χ0v) is 16.6. The van der Waals surface area contributed by atoms with Crippen LogP contribution < -0.4 is 4.31 Å². The van der Waals surface area contributed by atoms with Crippen molar-refractivity contribution in [3.05, 3.63) is 99.9 Å². The summed E-state index contributed by atoms with van der Waals surface area (Å²) in [5.41, 5.74) is 1.87. The van der Waals surface area contributed by atoms with Crippen molar-refractivity contribution in [2.24, 2.45) is 0 Å². The second-order valence-electron chi connectivity index (χ2n) is 6.61. The second-order valence-corrected chi connectivity index (χ2v) is 8.43. The molecule has 0 bridgehead atoms. The zero-order valence-electron chi connectivity index (χ0n) is 15.8. The number of nitro groups is 1. The van der Waals surface area contributed by atoms with Crippen molar-refractivity contribution in [3.8, 4) is 0 Å². The highest BCUT2D eigenvalue weighted by molar-refractivity contribution is 7.92. The first-order valence-electron chi connectivity index (χ1n) is 8.81. The molecule has 29 heavy (non-hydrogen) atoms. The first kappa shape index (κ1) is 20.5. The van der Waals surface area contributed by atoms with Gasteiger partial charge in [-0.15, -0.1) is 0 Å². The predicted octanol–water partition coefficient (Wildman–Crippen LogP) is 5.00. The predicted molar refractivity (Wildman–Crippen MR) is 109 cm³/mol. The van der Waals surface area contributed by atoms with Gasteiger partial charge in [-0.05, 0) is 55.8 Å². The SMILES string of the molecule is Cc1ccc([C@H](C)N(c2ccc(F)cc2)S(=O)(=O)c2ccc([N+](=O)[O-])cc2)cc1. The quantitative estimate of drug-likeness (QED) is 0.420. The normalized spacial score (nSPS) is 12.4. The van der Waals surface area contributed by atoms with Crippen LogP contribution in [0.15, 0.2) is 77.7 Å². The molecule has 8 heteroatoms. The van der Waals surface area contributed by atoms with Crippen LogP contribution in [0.1, 0.15) is 24.1 Å². The van der Waals surface area contributed by atoms with Gasteiger partial charge in [-0.2, -0.15) is 0 Å². The Morgan fingerprint density at radius 3 is 2.00 bits per heavy atom. The lowest BCUT2D eigenvalue weighted by atomic mass is 10.1. The van der Waals surface area contributed by atoms with Gasteiger partial charge in [0.1, 0.15) is 5.82 Å². The Bertz CT molecular complexity index is 1110. The molecule has 0 aliphatic rings. The number of sulfonamides is 1. The first-order chi connectivity index (χ1) is 13.7. The van der Waals surface area contributed by atoms with E-state index in [1.165, 1.54) is 40.7 Å². The van der Waals surface area contributed by atoms with E-state index in [0.717, 1.165) is 23.3 Å². The van der Waals surface area contributed by atoms with Crippen LogP contribution in [-0.4, -0.2) is 13.3 Å². The van der Waals surface area contributed by atoms with Crippen LogP contribution in [0.5, 0.6) is 0 Å². The summed E-state index contributed by atoms with van der Waals surface area (Å²) in [6.07, 6.45) is 0. The number of anilines is 1. The molecule has 3 aromatic carbocycles. The molecule has 6 nitrogen and oxygen atoms in total. The van der Waals surface area contributed by atoms with Crippen LogP contribution in [0.3, 0.4) is 0 Å². The fraction of sp³-hybridized carbons (Fsp3) is 0.143. The van der Waals surface area contributed by atoms with Gasteiger partial charge in [-0.3, -0.25) is 14.4 Å². The lowest BCUT2D eigenvalue weighted by Crippen LogP contribution is -2.33. The minimum Gasteiger partial charge on any atom is -0.259 e. The molecule has 0 saturated heterocycles. The van der Waals surface area contributed by atoms with Crippen LogP contribution in [0.2, 0.25) is 0 Å². The van der Waals surface area contributed by atoms with Crippen molar-refractivity contribution in [1.29, 1.82) is 0 Å². The van der Waals surface area contributed by atoms with Gasteiger partial charge in [0.05, 0.1) is 21.5 Å². The number of hydrogen-bond acceptors (Lipinski definition) is 4. The van der Waals surface area contributed by atoms with E-state index in [-0.39, 0.29) is 16.3 Å². The van der Waals surface area contributed by atoms with Crippen molar-refractivity contribution < 1.29 is 17.7 Å². The smallest absolute Gasteiger partial charge is 0.259 e. The maximum Gasteiger partial charge on any atom is 0.269 e. The molecule has 150 valence electrons. The molecule has 0 unspecified atom stereocenters. The molecule has 0 spiro atoms. The van der Waals surface area contributed by atoms with Gasteiger partial charge in [0.25, 0.3) is 15.7 Å². The summed E-state index contributed by atoms with van der Waals surface area (Å²) >= 11 is 0. The number of nitrogens with zero attached hydrogens (tertiary/aromatic N) is 2. The lowest BCUT2D eigenvalue weighted by molar-refractivity contribution is -0.384. The lowest BCUT2D eigenvalue weighted by Gasteiger charge is -2.31. The van der Waals surface area contributed by atoms with Crippen LogP contribution in [0.4, 0.5) is 15.8 Å². The Morgan fingerprint density at radius 1 is 0.931 bits per heavy atom. The number of benzene rings is 3. The third-order valence-corrected chi connectivity index (χ3v) is 6.51. The topological polar surface area (TPSA) is 80.5 Å². The summed E-state index contributed by atoms with van der Waals surface area (Å²) in [4.78, 5) is 10.2. The number of halogens is 1. The number of aryl methyl sites for hydroxylation is 1. The summed E-state index contributed by atoms with van der Waals surface area (Å²) in [5, 5.41) is 10.9. The van der Waals surface area contributed by atoms with E-state index in [1.807, 2.05) is 31.2 Å². The molecule has 0 aromatic heterocycles. The Morgan fingerprint density at radius 2 is 1.48 bits per heavy atom. The molecule has 0 saturated carbocycles. The molecule has 0 aliphatic carbocycles. The maximum absolute atomic E-state index is 13.4. The Kier molecular flexibility index (Phi) is 5.65.